The number of amides is 1. The molecule has 0 bridgehead atoms. The summed E-state index contributed by atoms with van der Waals surface area (Å²) in [5.41, 5.74) is 4.72. The first-order chi connectivity index (χ1) is 13.7. The van der Waals surface area contributed by atoms with E-state index < -0.39 is 0 Å². The number of thioether (sulfide) groups is 2. The average molecular weight is 414 g/mol. The molecule has 2 aromatic carbocycles. The van der Waals surface area contributed by atoms with E-state index in [0.29, 0.717) is 12.6 Å². The van der Waals surface area contributed by atoms with Crippen LogP contribution in [0.2, 0.25) is 0 Å². The van der Waals surface area contributed by atoms with E-state index in [9.17, 15) is 4.79 Å². The van der Waals surface area contributed by atoms with Crippen molar-refractivity contribution in [3.63, 3.8) is 0 Å². The van der Waals surface area contributed by atoms with Gasteiger partial charge in [-0.25, -0.2) is 0 Å². The van der Waals surface area contributed by atoms with Crippen LogP contribution < -0.4 is 10.6 Å². The third-order valence-corrected chi connectivity index (χ3v) is 7.42. The summed E-state index contributed by atoms with van der Waals surface area (Å²) < 4.78 is 0. The lowest BCUT2D eigenvalue weighted by molar-refractivity contribution is 0.0924. The Labute approximate surface area is 175 Å². The fourth-order valence-electron chi connectivity index (χ4n) is 4.03. The van der Waals surface area contributed by atoms with Crippen molar-refractivity contribution >= 4 is 35.1 Å². The van der Waals surface area contributed by atoms with Gasteiger partial charge in [0.15, 0.2) is 0 Å². The Morgan fingerprint density at radius 3 is 2.93 bits per heavy atom. The maximum atomic E-state index is 13.1. The number of nitrogens with zero attached hydrogens (tertiary/aromatic N) is 1. The average Bonchev–Trinajstić information content (AvgIpc) is 2.75. The number of carbonyl (C=O) groups is 1. The number of benzene rings is 2. The van der Waals surface area contributed by atoms with Gasteiger partial charge in [-0.05, 0) is 42.5 Å². The SMILES string of the molecule is CCN1Cc2ccccc2C[C@H]1CNC(=O)c1cc(SC)cc2c1SCCN2. The van der Waals surface area contributed by atoms with Crippen molar-refractivity contribution in [1.29, 1.82) is 0 Å². The molecule has 0 saturated carbocycles. The molecule has 2 aliphatic rings. The standard InChI is InChI=1S/C22H27N3OS2/c1-3-25-14-16-7-5-4-6-15(16)10-17(25)13-24-22(26)19-11-18(27-2)12-20-21(19)28-9-8-23-20/h4-7,11-12,17,23H,3,8-10,13-14H2,1-2H3,(H,24,26)/t17-/m0/s1. The van der Waals surface area contributed by atoms with E-state index in [1.807, 2.05) is 6.07 Å². The van der Waals surface area contributed by atoms with Gasteiger partial charge < -0.3 is 10.6 Å². The first-order valence-corrected chi connectivity index (χ1v) is 12.1. The highest BCUT2D eigenvalue weighted by Gasteiger charge is 2.26. The summed E-state index contributed by atoms with van der Waals surface area (Å²) in [6.07, 6.45) is 3.04. The van der Waals surface area contributed by atoms with Crippen LogP contribution in [0.3, 0.4) is 0 Å². The van der Waals surface area contributed by atoms with Crippen LogP contribution in [-0.2, 0) is 13.0 Å². The lowest BCUT2D eigenvalue weighted by Gasteiger charge is -2.36. The van der Waals surface area contributed by atoms with Crippen molar-refractivity contribution in [2.45, 2.75) is 35.7 Å². The van der Waals surface area contributed by atoms with E-state index in [1.165, 1.54) is 11.1 Å². The molecule has 1 amide bonds. The van der Waals surface area contributed by atoms with Crippen LogP contribution in [0.15, 0.2) is 46.2 Å². The van der Waals surface area contributed by atoms with Crippen LogP contribution in [0.4, 0.5) is 5.69 Å². The van der Waals surface area contributed by atoms with Gasteiger partial charge in [0.1, 0.15) is 0 Å². The molecule has 2 aliphatic heterocycles. The van der Waals surface area contributed by atoms with Gasteiger partial charge in [-0.2, -0.15) is 0 Å². The van der Waals surface area contributed by atoms with Gasteiger partial charge in [0, 0.05) is 46.9 Å². The van der Waals surface area contributed by atoms with Crippen molar-refractivity contribution in [1.82, 2.24) is 10.2 Å². The number of carbonyl (C=O) groups excluding carboxylic acids is 1. The molecule has 1 atom stereocenters. The van der Waals surface area contributed by atoms with Crippen molar-refractivity contribution in [2.24, 2.45) is 0 Å². The van der Waals surface area contributed by atoms with Crippen LogP contribution in [0.5, 0.6) is 0 Å². The smallest absolute Gasteiger partial charge is 0.252 e. The zero-order chi connectivity index (χ0) is 19.5. The summed E-state index contributed by atoms with van der Waals surface area (Å²) in [5, 5.41) is 6.68. The summed E-state index contributed by atoms with van der Waals surface area (Å²) in [6.45, 7) is 5.78. The molecule has 0 spiro atoms. The second-order valence-electron chi connectivity index (χ2n) is 7.23. The number of anilines is 1. The van der Waals surface area contributed by atoms with Crippen LogP contribution in [0.25, 0.3) is 0 Å². The third kappa shape index (κ3) is 4.04. The number of rotatable bonds is 5. The Morgan fingerprint density at radius 2 is 2.14 bits per heavy atom. The van der Waals surface area contributed by atoms with Gasteiger partial charge >= 0.3 is 0 Å². The van der Waals surface area contributed by atoms with E-state index in [2.05, 4.69) is 59.0 Å². The second-order valence-corrected chi connectivity index (χ2v) is 9.21. The molecule has 2 heterocycles. The quantitative estimate of drug-likeness (QED) is 0.723. The number of likely N-dealkylation sites (N-methyl/N-ethyl adjacent to an activating group) is 1. The number of hydrogen-bond acceptors (Lipinski definition) is 5. The van der Waals surface area contributed by atoms with Gasteiger partial charge in [-0.1, -0.05) is 31.2 Å². The summed E-state index contributed by atoms with van der Waals surface area (Å²) in [5.74, 6) is 1.04. The summed E-state index contributed by atoms with van der Waals surface area (Å²) in [7, 11) is 0. The van der Waals surface area contributed by atoms with Crippen molar-refractivity contribution < 1.29 is 4.79 Å². The molecule has 0 saturated heterocycles. The molecule has 0 fully saturated rings. The fourth-order valence-corrected chi connectivity index (χ4v) is 5.51. The van der Waals surface area contributed by atoms with Crippen LogP contribution >= 0.6 is 23.5 Å². The highest BCUT2D eigenvalue weighted by atomic mass is 32.2. The molecule has 6 heteroatoms. The highest BCUT2D eigenvalue weighted by molar-refractivity contribution is 7.99. The van der Waals surface area contributed by atoms with E-state index >= 15 is 0 Å². The van der Waals surface area contributed by atoms with Gasteiger partial charge in [0.2, 0.25) is 0 Å². The molecule has 0 radical (unpaired) electrons. The predicted octanol–water partition coefficient (Wildman–Crippen LogP) is 4.10. The molecule has 0 aliphatic carbocycles. The Kier molecular flexibility index (Phi) is 6.19. The zero-order valence-corrected chi connectivity index (χ0v) is 18.1. The minimum Gasteiger partial charge on any atom is -0.383 e. The van der Waals surface area contributed by atoms with Crippen LogP contribution in [0.1, 0.15) is 28.4 Å². The van der Waals surface area contributed by atoms with Gasteiger partial charge in [0.25, 0.3) is 5.91 Å². The Hall–Kier alpha value is -1.63. The first kappa shape index (κ1) is 19.7. The molecule has 0 aromatic heterocycles. The maximum Gasteiger partial charge on any atom is 0.252 e. The van der Waals surface area contributed by atoms with Gasteiger partial charge in [-0.15, -0.1) is 23.5 Å². The summed E-state index contributed by atoms with van der Waals surface area (Å²) in [6, 6.07) is 13.2. The van der Waals surface area contributed by atoms with E-state index in [0.717, 1.165) is 52.8 Å². The Bertz CT molecular complexity index is 871. The monoisotopic (exact) mass is 413 g/mol. The second kappa shape index (κ2) is 8.80. The number of fused-ring (bicyclic) bond motifs is 2. The molecular formula is C22H27N3OS2. The topological polar surface area (TPSA) is 44.4 Å². The van der Waals surface area contributed by atoms with Gasteiger partial charge in [0.05, 0.1) is 5.56 Å². The minimum absolute atomic E-state index is 0.0401. The summed E-state index contributed by atoms with van der Waals surface area (Å²) in [4.78, 5) is 17.8. The number of hydrogen-bond donors (Lipinski definition) is 2. The highest BCUT2D eigenvalue weighted by Crippen LogP contribution is 2.37. The van der Waals surface area contributed by atoms with E-state index in [-0.39, 0.29) is 5.91 Å². The molecular weight excluding hydrogens is 386 g/mol. The molecule has 148 valence electrons. The molecule has 0 unspecified atom stereocenters. The largest absolute Gasteiger partial charge is 0.383 e. The molecule has 4 rings (SSSR count). The van der Waals surface area contributed by atoms with Crippen molar-refractivity contribution in [2.75, 3.05) is 37.0 Å². The zero-order valence-electron chi connectivity index (χ0n) is 16.5. The number of nitrogens with one attached hydrogen (secondary N) is 2. The molecule has 28 heavy (non-hydrogen) atoms. The van der Waals surface area contributed by atoms with Crippen molar-refractivity contribution in [3.05, 3.63) is 53.1 Å². The molecule has 2 aromatic rings. The maximum absolute atomic E-state index is 13.1. The molecule has 2 N–H and O–H groups in total. The van der Waals surface area contributed by atoms with Gasteiger partial charge in [-0.3, -0.25) is 9.69 Å². The fraction of sp³-hybridized carbons (Fsp3) is 0.409. The molecule has 4 nitrogen and oxygen atoms in total. The van der Waals surface area contributed by atoms with Crippen LogP contribution in [-0.4, -0.2) is 48.5 Å². The lowest BCUT2D eigenvalue weighted by atomic mass is 9.94. The van der Waals surface area contributed by atoms with Crippen LogP contribution in [0, 0.1) is 0 Å². The normalized spacial score (nSPS) is 18.7. The predicted molar refractivity (Wildman–Crippen MR) is 120 cm³/mol. The Morgan fingerprint density at radius 1 is 1.32 bits per heavy atom. The first-order valence-electron chi connectivity index (χ1n) is 9.87. The lowest BCUT2D eigenvalue weighted by Crippen LogP contribution is -2.47. The Balaban J connectivity index is 1.50. The van der Waals surface area contributed by atoms with E-state index in [1.54, 1.807) is 23.5 Å². The van der Waals surface area contributed by atoms with E-state index in [4.69, 9.17) is 0 Å². The third-order valence-electron chi connectivity index (χ3n) is 5.57. The summed E-state index contributed by atoms with van der Waals surface area (Å²) >= 11 is 3.46. The van der Waals surface area contributed by atoms with Crippen molar-refractivity contribution in [3.8, 4) is 0 Å². The minimum atomic E-state index is 0.0401.